The number of halogens is 1. The smallest absolute Gasteiger partial charge is 0.231 e. The normalized spacial score (nSPS) is 15.9. The van der Waals surface area contributed by atoms with Gasteiger partial charge in [0, 0.05) is 16.1 Å². The van der Waals surface area contributed by atoms with Gasteiger partial charge in [-0.15, -0.1) is 0 Å². The van der Waals surface area contributed by atoms with E-state index < -0.39 is 5.92 Å². The summed E-state index contributed by atoms with van der Waals surface area (Å²) >= 11 is 3.68. The SMILES string of the molecule is CCOc1cc([C@@H]2C(C#N)=C(N)Oc3cc4c(cc32)OCO4)c(Br)cc1OCc1ccccc1. The van der Waals surface area contributed by atoms with Crippen molar-refractivity contribution < 1.29 is 23.7 Å². The summed E-state index contributed by atoms with van der Waals surface area (Å²) in [5, 5.41) is 9.95. The minimum absolute atomic E-state index is 0.0492. The highest BCUT2D eigenvalue weighted by atomic mass is 79.9. The van der Waals surface area contributed by atoms with Crippen molar-refractivity contribution in [1.29, 1.82) is 5.26 Å². The van der Waals surface area contributed by atoms with Gasteiger partial charge in [0.25, 0.3) is 0 Å². The molecule has 2 heterocycles. The molecule has 0 aromatic heterocycles. The van der Waals surface area contributed by atoms with Gasteiger partial charge in [-0.05, 0) is 36.2 Å². The molecule has 3 aromatic carbocycles. The lowest BCUT2D eigenvalue weighted by Gasteiger charge is -2.28. The first-order valence-electron chi connectivity index (χ1n) is 10.7. The fourth-order valence-electron chi connectivity index (χ4n) is 4.06. The summed E-state index contributed by atoms with van der Waals surface area (Å²) in [6, 6.07) is 19.4. The topological polar surface area (TPSA) is 96.0 Å². The van der Waals surface area contributed by atoms with E-state index in [0.717, 1.165) is 21.2 Å². The Morgan fingerprint density at radius 1 is 1.00 bits per heavy atom. The van der Waals surface area contributed by atoms with Crippen LogP contribution in [0.2, 0.25) is 0 Å². The molecule has 0 radical (unpaired) electrons. The number of fused-ring (bicyclic) bond motifs is 2. The molecule has 0 aliphatic carbocycles. The molecule has 0 amide bonds. The molecule has 0 saturated heterocycles. The lowest BCUT2D eigenvalue weighted by atomic mass is 9.83. The summed E-state index contributed by atoms with van der Waals surface area (Å²) in [5.41, 5.74) is 9.04. The molecule has 2 N–H and O–H groups in total. The average Bonchev–Trinajstić information content (AvgIpc) is 3.30. The van der Waals surface area contributed by atoms with E-state index >= 15 is 0 Å². The highest BCUT2D eigenvalue weighted by Gasteiger charge is 2.35. The zero-order chi connectivity index (χ0) is 23.7. The number of nitrogens with two attached hydrogens (primary N) is 1. The second-order valence-electron chi connectivity index (χ2n) is 7.70. The van der Waals surface area contributed by atoms with E-state index in [1.807, 2.05) is 55.5 Å². The van der Waals surface area contributed by atoms with Gasteiger partial charge < -0.3 is 29.4 Å². The Kier molecular flexibility index (Phi) is 5.95. The van der Waals surface area contributed by atoms with Crippen LogP contribution in [0, 0.1) is 11.3 Å². The predicted molar refractivity (Wildman–Crippen MR) is 128 cm³/mol. The molecule has 0 saturated carbocycles. The minimum Gasteiger partial charge on any atom is -0.490 e. The van der Waals surface area contributed by atoms with Crippen LogP contribution in [0.25, 0.3) is 0 Å². The van der Waals surface area contributed by atoms with E-state index in [2.05, 4.69) is 22.0 Å². The number of nitriles is 1. The summed E-state index contributed by atoms with van der Waals surface area (Å²) in [6.07, 6.45) is 0. The van der Waals surface area contributed by atoms with Crippen molar-refractivity contribution in [3.8, 4) is 34.8 Å². The lowest BCUT2D eigenvalue weighted by Crippen LogP contribution is -2.21. The van der Waals surface area contributed by atoms with Crippen molar-refractivity contribution in [2.45, 2.75) is 19.4 Å². The van der Waals surface area contributed by atoms with E-state index in [1.54, 1.807) is 6.07 Å². The van der Waals surface area contributed by atoms with Gasteiger partial charge in [0.1, 0.15) is 24.0 Å². The maximum atomic E-state index is 9.95. The van der Waals surface area contributed by atoms with Gasteiger partial charge in [0.05, 0.1) is 12.5 Å². The molecule has 8 heteroatoms. The molecule has 34 heavy (non-hydrogen) atoms. The Hall–Kier alpha value is -3.83. The molecule has 0 bridgehead atoms. The van der Waals surface area contributed by atoms with Crippen LogP contribution in [-0.2, 0) is 6.61 Å². The summed E-state index contributed by atoms with van der Waals surface area (Å²) in [6.45, 7) is 2.88. The van der Waals surface area contributed by atoms with Crippen LogP contribution in [0.4, 0.5) is 0 Å². The van der Waals surface area contributed by atoms with Crippen molar-refractivity contribution in [1.82, 2.24) is 0 Å². The van der Waals surface area contributed by atoms with Gasteiger partial charge in [-0.3, -0.25) is 0 Å². The third-order valence-corrected chi connectivity index (χ3v) is 6.31. The number of ether oxygens (including phenoxy) is 5. The van der Waals surface area contributed by atoms with Crippen LogP contribution in [0.15, 0.2) is 70.5 Å². The molecule has 5 rings (SSSR count). The molecule has 1 atom stereocenters. The standard InChI is InChI=1S/C26H21BrN2O5/c1-2-30-21-8-16(19(27)10-23(21)31-13-15-6-4-3-5-7-15)25-17-9-22-24(33-14-32-22)11-20(17)34-26(29)18(25)12-28/h3-11,25H,2,13-14,29H2,1H3/t25-/m0/s1. The number of allylic oxidation sites excluding steroid dienone is 1. The minimum atomic E-state index is -0.500. The zero-order valence-corrected chi connectivity index (χ0v) is 19.9. The predicted octanol–water partition coefficient (Wildman–Crippen LogP) is 5.37. The number of hydrogen-bond acceptors (Lipinski definition) is 7. The molecule has 172 valence electrons. The van der Waals surface area contributed by atoms with Crippen LogP contribution in [0.5, 0.6) is 28.7 Å². The maximum Gasteiger partial charge on any atom is 0.231 e. The second-order valence-corrected chi connectivity index (χ2v) is 8.55. The third-order valence-electron chi connectivity index (χ3n) is 5.62. The van der Waals surface area contributed by atoms with E-state index in [9.17, 15) is 5.26 Å². The highest BCUT2D eigenvalue weighted by molar-refractivity contribution is 9.10. The highest BCUT2D eigenvalue weighted by Crippen LogP contribution is 2.50. The summed E-state index contributed by atoms with van der Waals surface area (Å²) in [4.78, 5) is 0. The van der Waals surface area contributed by atoms with Gasteiger partial charge in [-0.1, -0.05) is 46.3 Å². The Morgan fingerprint density at radius 2 is 1.74 bits per heavy atom. The van der Waals surface area contributed by atoms with Crippen molar-refractivity contribution in [3.63, 3.8) is 0 Å². The summed E-state index contributed by atoms with van der Waals surface area (Å²) < 4.78 is 29.6. The number of nitrogens with zero attached hydrogens (tertiary/aromatic N) is 1. The van der Waals surface area contributed by atoms with E-state index in [4.69, 9.17) is 29.4 Å². The fraction of sp³-hybridized carbons (Fsp3) is 0.192. The summed E-state index contributed by atoms with van der Waals surface area (Å²) in [7, 11) is 0. The monoisotopic (exact) mass is 520 g/mol. The third kappa shape index (κ3) is 3.99. The van der Waals surface area contributed by atoms with Crippen LogP contribution in [-0.4, -0.2) is 13.4 Å². The maximum absolute atomic E-state index is 9.95. The van der Waals surface area contributed by atoms with Crippen LogP contribution in [0.3, 0.4) is 0 Å². The Labute approximate surface area is 205 Å². The molecular weight excluding hydrogens is 500 g/mol. The first-order chi connectivity index (χ1) is 16.6. The van der Waals surface area contributed by atoms with Crippen molar-refractivity contribution in [2.24, 2.45) is 5.73 Å². The molecule has 0 fully saturated rings. The van der Waals surface area contributed by atoms with Gasteiger partial charge in [-0.25, -0.2) is 0 Å². The Bertz CT molecular complexity index is 1320. The summed E-state index contributed by atoms with van der Waals surface area (Å²) in [5.74, 6) is 2.39. The first kappa shape index (κ1) is 22.0. The first-order valence-corrected chi connectivity index (χ1v) is 11.5. The fourth-order valence-corrected chi connectivity index (χ4v) is 4.61. The molecule has 3 aromatic rings. The molecule has 2 aliphatic heterocycles. The molecule has 0 unspecified atom stereocenters. The number of hydrogen-bond donors (Lipinski definition) is 1. The Balaban J connectivity index is 1.58. The lowest BCUT2D eigenvalue weighted by molar-refractivity contribution is 0.174. The average molecular weight is 521 g/mol. The molecule has 7 nitrogen and oxygen atoms in total. The van der Waals surface area contributed by atoms with Crippen molar-refractivity contribution in [3.05, 3.63) is 87.2 Å². The van der Waals surface area contributed by atoms with Crippen LogP contribution < -0.4 is 29.4 Å². The van der Waals surface area contributed by atoms with Crippen LogP contribution in [0.1, 0.15) is 29.5 Å². The number of benzene rings is 3. The van der Waals surface area contributed by atoms with Crippen molar-refractivity contribution in [2.75, 3.05) is 13.4 Å². The molecule has 0 spiro atoms. The zero-order valence-electron chi connectivity index (χ0n) is 18.3. The van der Waals surface area contributed by atoms with Gasteiger partial charge >= 0.3 is 0 Å². The molecule has 2 aliphatic rings. The molecular formula is C26H21BrN2O5. The van der Waals surface area contributed by atoms with Gasteiger partial charge in [-0.2, -0.15) is 5.26 Å². The van der Waals surface area contributed by atoms with E-state index in [0.29, 0.717) is 47.5 Å². The Morgan fingerprint density at radius 3 is 2.47 bits per heavy atom. The largest absolute Gasteiger partial charge is 0.490 e. The van der Waals surface area contributed by atoms with Gasteiger partial charge in [0.2, 0.25) is 12.7 Å². The van der Waals surface area contributed by atoms with E-state index in [-0.39, 0.29) is 12.7 Å². The van der Waals surface area contributed by atoms with Crippen LogP contribution >= 0.6 is 15.9 Å². The quantitative estimate of drug-likeness (QED) is 0.466. The van der Waals surface area contributed by atoms with E-state index in [1.165, 1.54) is 0 Å². The van der Waals surface area contributed by atoms with Crippen molar-refractivity contribution >= 4 is 15.9 Å². The van der Waals surface area contributed by atoms with Gasteiger partial charge in [0.15, 0.2) is 23.0 Å². The second kappa shape index (κ2) is 9.20. The number of rotatable bonds is 6.